The van der Waals surface area contributed by atoms with Gasteiger partial charge in [-0.05, 0) is 62.2 Å². The molecule has 3 aromatic heterocycles. The van der Waals surface area contributed by atoms with E-state index < -0.39 is 0 Å². The SMILES string of the molecule is O=C(Nc1c(-c2ccc(Cl)cc2)nc2c(Br)cc(Br)cn12)c1ccco1. The van der Waals surface area contributed by atoms with E-state index in [0.717, 1.165) is 14.5 Å². The molecule has 4 aromatic rings. The number of anilines is 1. The molecule has 26 heavy (non-hydrogen) atoms. The maximum absolute atomic E-state index is 12.5. The molecule has 0 atom stereocenters. The monoisotopic (exact) mass is 493 g/mol. The standard InChI is InChI=1S/C18H10Br2ClN3O2/c19-11-8-13(20)16-22-15(10-3-5-12(21)6-4-10)17(24(16)9-11)23-18(25)14-2-1-7-26-14/h1-9H,(H,23,25). The minimum Gasteiger partial charge on any atom is -0.459 e. The van der Waals surface area contributed by atoms with Crippen molar-refractivity contribution < 1.29 is 9.21 Å². The van der Waals surface area contributed by atoms with Crippen LogP contribution in [0.3, 0.4) is 0 Å². The number of imidazole rings is 1. The zero-order chi connectivity index (χ0) is 18.3. The van der Waals surface area contributed by atoms with Gasteiger partial charge in [-0.1, -0.05) is 23.7 Å². The third kappa shape index (κ3) is 3.18. The van der Waals surface area contributed by atoms with Crippen LogP contribution in [0.15, 0.2) is 68.3 Å². The van der Waals surface area contributed by atoms with E-state index in [0.29, 0.717) is 22.2 Å². The van der Waals surface area contributed by atoms with E-state index in [1.165, 1.54) is 6.26 Å². The van der Waals surface area contributed by atoms with Crippen molar-refractivity contribution in [2.24, 2.45) is 0 Å². The van der Waals surface area contributed by atoms with Gasteiger partial charge in [-0.2, -0.15) is 0 Å². The van der Waals surface area contributed by atoms with Crippen LogP contribution in [-0.2, 0) is 0 Å². The van der Waals surface area contributed by atoms with Crippen LogP contribution in [0.4, 0.5) is 5.82 Å². The van der Waals surface area contributed by atoms with Crippen LogP contribution in [0.5, 0.6) is 0 Å². The van der Waals surface area contributed by atoms with E-state index in [2.05, 4.69) is 37.2 Å². The van der Waals surface area contributed by atoms with E-state index in [4.69, 9.17) is 21.0 Å². The number of aromatic nitrogens is 2. The number of carbonyl (C=O) groups excluding carboxylic acids is 1. The van der Waals surface area contributed by atoms with E-state index >= 15 is 0 Å². The third-order valence-corrected chi connectivity index (χ3v) is 5.01. The van der Waals surface area contributed by atoms with E-state index in [1.54, 1.807) is 28.7 Å². The van der Waals surface area contributed by atoms with Gasteiger partial charge in [0.05, 0.1) is 10.7 Å². The Bertz CT molecular complexity index is 1110. The summed E-state index contributed by atoms with van der Waals surface area (Å²) in [6.07, 6.45) is 3.29. The van der Waals surface area contributed by atoms with Crippen molar-refractivity contribution in [3.63, 3.8) is 0 Å². The Morgan fingerprint density at radius 1 is 1.19 bits per heavy atom. The minimum atomic E-state index is -0.358. The highest BCUT2D eigenvalue weighted by Crippen LogP contribution is 2.34. The number of nitrogens with zero attached hydrogens (tertiary/aromatic N) is 2. The average Bonchev–Trinajstić information content (AvgIpc) is 3.25. The minimum absolute atomic E-state index is 0.219. The van der Waals surface area contributed by atoms with Crippen LogP contribution in [0, 0.1) is 0 Å². The number of benzene rings is 1. The first-order valence-electron chi connectivity index (χ1n) is 7.51. The number of hydrogen-bond acceptors (Lipinski definition) is 3. The van der Waals surface area contributed by atoms with Crippen LogP contribution in [0.1, 0.15) is 10.6 Å². The lowest BCUT2D eigenvalue weighted by Crippen LogP contribution is -2.13. The Balaban J connectivity index is 1.91. The highest BCUT2D eigenvalue weighted by Gasteiger charge is 2.20. The maximum Gasteiger partial charge on any atom is 0.292 e. The van der Waals surface area contributed by atoms with E-state index in [-0.39, 0.29) is 11.7 Å². The highest BCUT2D eigenvalue weighted by atomic mass is 79.9. The first-order chi connectivity index (χ1) is 12.5. The molecule has 1 amide bonds. The molecule has 0 saturated heterocycles. The molecule has 8 heteroatoms. The van der Waals surface area contributed by atoms with Crippen LogP contribution in [0.25, 0.3) is 16.9 Å². The molecular formula is C18H10Br2ClN3O2. The summed E-state index contributed by atoms with van der Waals surface area (Å²) < 4.78 is 8.62. The number of hydrogen-bond donors (Lipinski definition) is 1. The summed E-state index contributed by atoms with van der Waals surface area (Å²) in [7, 11) is 0. The van der Waals surface area contributed by atoms with Crippen LogP contribution in [0.2, 0.25) is 5.02 Å². The molecule has 0 spiro atoms. The summed E-state index contributed by atoms with van der Waals surface area (Å²) in [5.74, 6) is 0.393. The van der Waals surface area contributed by atoms with Gasteiger partial charge >= 0.3 is 0 Å². The Morgan fingerprint density at radius 3 is 2.65 bits per heavy atom. The molecule has 0 aliphatic rings. The molecule has 1 aromatic carbocycles. The van der Waals surface area contributed by atoms with Crippen molar-refractivity contribution in [3.05, 3.63) is 74.7 Å². The molecule has 5 nitrogen and oxygen atoms in total. The molecule has 130 valence electrons. The maximum atomic E-state index is 12.5. The summed E-state index contributed by atoms with van der Waals surface area (Å²) >= 11 is 13.0. The largest absolute Gasteiger partial charge is 0.459 e. The third-order valence-electron chi connectivity index (χ3n) is 3.74. The van der Waals surface area contributed by atoms with Crippen molar-refractivity contribution in [2.75, 3.05) is 5.32 Å². The Morgan fingerprint density at radius 2 is 1.96 bits per heavy atom. The number of pyridine rings is 1. The lowest BCUT2D eigenvalue weighted by molar-refractivity contribution is 0.0996. The van der Waals surface area contributed by atoms with Gasteiger partial charge in [-0.15, -0.1) is 0 Å². The van der Waals surface area contributed by atoms with Gasteiger partial charge in [0, 0.05) is 21.3 Å². The molecule has 3 heterocycles. The van der Waals surface area contributed by atoms with Gasteiger partial charge in [-0.25, -0.2) is 4.98 Å². The number of rotatable bonds is 3. The fourth-order valence-electron chi connectivity index (χ4n) is 2.58. The molecule has 0 fully saturated rings. The molecule has 1 N–H and O–H groups in total. The smallest absolute Gasteiger partial charge is 0.292 e. The molecule has 0 aliphatic heterocycles. The average molecular weight is 496 g/mol. The second kappa shape index (κ2) is 6.90. The van der Waals surface area contributed by atoms with Crippen LogP contribution in [-0.4, -0.2) is 15.3 Å². The summed E-state index contributed by atoms with van der Waals surface area (Å²) in [6, 6.07) is 12.4. The van der Waals surface area contributed by atoms with Gasteiger partial charge in [0.1, 0.15) is 11.5 Å². The molecular weight excluding hydrogens is 485 g/mol. The predicted octanol–water partition coefficient (Wildman–Crippen LogP) is 6.03. The van der Waals surface area contributed by atoms with Gasteiger partial charge in [0.2, 0.25) is 0 Å². The zero-order valence-corrected chi connectivity index (χ0v) is 17.0. The topological polar surface area (TPSA) is 59.5 Å². The van der Waals surface area contributed by atoms with Gasteiger partial charge < -0.3 is 9.73 Å². The van der Waals surface area contributed by atoms with Crippen molar-refractivity contribution in [1.29, 1.82) is 0 Å². The lowest BCUT2D eigenvalue weighted by atomic mass is 10.1. The number of carbonyl (C=O) groups is 1. The van der Waals surface area contributed by atoms with Gasteiger partial charge in [0.25, 0.3) is 5.91 Å². The number of halogens is 3. The van der Waals surface area contributed by atoms with Crippen molar-refractivity contribution >= 4 is 60.8 Å². The molecule has 0 aliphatic carbocycles. The molecule has 0 saturated carbocycles. The first-order valence-corrected chi connectivity index (χ1v) is 9.47. The van der Waals surface area contributed by atoms with Crippen molar-refractivity contribution in [3.8, 4) is 11.3 Å². The number of fused-ring (bicyclic) bond motifs is 1. The molecule has 4 rings (SSSR count). The fourth-order valence-corrected chi connectivity index (χ4v) is 3.97. The van der Waals surface area contributed by atoms with Crippen molar-refractivity contribution in [2.45, 2.75) is 0 Å². The summed E-state index contributed by atoms with van der Waals surface area (Å²) in [5, 5.41) is 3.52. The van der Waals surface area contributed by atoms with Crippen molar-refractivity contribution in [1.82, 2.24) is 9.38 Å². The first kappa shape index (κ1) is 17.3. The molecule has 0 unspecified atom stereocenters. The normalized spacial score (nSPS) is 11.0. The zero-order valence-electron chi connectivity index (χ0n) is 13.0. The summed E-state index contributed by atoms with van der Waals surface area (Å²) in [6.45, 7) is 0. The Labute approximate surface area is 170 Å². The fraction of sp³-hybridized carbons (Fsp3) is 0. The number of furan rings is 1. The Kier molecular flexibility index (Phi) is 4.60. The summed E-state index contributed by atoms with van der Waals surface area (Å²) in [5.41, 5.74) is 2.13. The van der Waals surface area contributed by atoms with Crippen LogP contribution < -0.4 is 5.32 Å². The molecule has 0 radical (unpaired) electrons. The van der Waals surface area contributed by atoms with Gasteiger partial charge in [-0.3, -0.25) is 9.20 Å². The second-order valence-electron chi connectivity index (χ2n) is 5.45. The lowest BCUT2D eigenvalue weighted by Gasteiger charge is -2.07. The van der Waals surface area contributed by atoms with E-state index in [1.807, 2.05) is 24.4 Å². The predicted molar refractivity (Wildman–Crippen MR) is 108 cm³/mol. The van der Waals surface area contributed by atoms with Crippen LogP contribution >= 0.6 is 43.5 Å². The van der Waals surface area contributed by atoms with E-state index in [9.17, 15) is 4.79 Å². The number of nitrogens with one attached hydrogen (secondary N) is 1. The molecule has 0 bridgehead atoms. The second-order valence-corrected chi connectivity index (χ2v) is 7.65. The van der Waals surface area contributed by atoms with Gasteiger partial charge in [0.15, 0.2) is 11.4 Å². The summed E-state index contributed by atoms with van der Waals surface area (Å²) in [4.78, 5) is 17.2. The highest BCUT2D eigenvalue weighted by molar-refractivity contribution is 9.11. The quantitative estimate of drug-likeness (QED) is 0.378. The number of amides is 1. The Hall–Kier alpha value is -2.09.